The topological polar surface area (TPSA) is 48.5 Å². The first-order valence-electron chi connectivity index (χ1n) is 9.25. The van der Waals surface area contributed by atoms with Crippen LogP contribution in [0.1, 0.15) is 29.2 Å². The fourth-order valence-electron chi connectivity index (χ4n) is 3.88. The van der Waals surface area contributed by atoms with Gasteiger partial charge in [0.1, 0.15) is 0 Å². The SMILES string of the molecule is O=C(NC1CCc2c1ccc(Cl)c2Cl)N1CCN(Cc2cccnc2)CC1. The number of piperazine rings is 1. The van der Waals surface area contributed by atoms with Crippen LogP contribution in [-0.2, 0) is 13.0 Å². The number of hydrogen-bond acceptors (Lipinski definition) is 3. The van der Waals surface area contributed by atoms with Crippen LogP contribution in [0.15, 0.2) is 36.7 Å². The maximum atomic E-state index is 12.7. The first-order chi connectivity index (χ1) is 13.1. The molecule has 0 saturated carbocycles. The number of rotatable bonds is 3. The molecule has 0 radical (unpaired) electrons. The Morgan fingerprint density at radius 2 is 2.00 bits per heavy atom. The third-order valence-electron chi connectivity index (χ3n) is 5.38. The first kappa shape index (κ1) is 18.5. The molecule has 2 aromatic rings. The summed E-state index contributed by atoms with van der Waals surface area (Å²) in [6, 6.07) is 7.84. The second-order valence-electron chi connectivity index (χ2n) is 7.09. The molecule has 2 heterocycles. The quantitative estimate of drug-likeness (QED) is 0.843. The number of carbonyl (C=O) groups is 1. The van der Waals surface area contributed by atoms with Gasteiger partial charge in [0.05, 0.1) is 16.1 Å². The Bertz CT molecular complexity index is 822. The number of amides is 2. The van der Waals surface area contributed by atoms with E-state index in [1.807, 2.05) is 29.3 Å². The molecule has 1 aromatic heterocycles. The van der Waals surface area contributed by atoms with Crippen molar-refractivity contribution in [1.29, 1.82) is 0 Å². The summed E-state index contributed by atoms with van der Waals surface area (Å²) in [4.78, 5) is 21.1. The van der Waals surface area contributed by atoms with Crippen molar-refractivity contribution in [2.75, 3.05) is 26.2 Å². The van der Waals surface area contributed by atoms with Gasteiger partial charge in [-0.25, -0.2) is 4.79 Å². The average Bonchev–Trinajstić information content (AvgIpc) is 3.09. The van der Waals surface area contributed by atoms with E-state index in [1.54, 1.807) is 6.20 Å². The zero-order valence-corrected chi connectivity index (χ0v) is 16.5. The molecule has 0 bridgehead atoms. The normalized spacial score (nSPS) is 19.8. The molecule has 27 heavy (non-hydrogen) atoms. The fourth-order valence-corrected chi connectivity index (χ4v) is 4.33. The zero-order valence-electron chi connectivity index (χ0n) is 15.0. The van der Waals surface area contributed by atoms with Gasteiger partial charge in [-0.3, -0.25) is 9.88 Å². The van der Waals surface area contributed by atoms with E-state index in [1.165, 1.54) is 5.56 Å². The number of hydrogen-bond donors (Lipinski definition) is 1. The van der Waals surface area contributed by atoms with Crippen LogP contribution in [0.4, 0.5) is 4.79 Å². The van der Waals surface area contributed by atoms with Gasteiger partial charge in [-0.1, -0.05) is 35.3 Å². The van der Waals surface area contributed by atoms with Gasteiger partial charge >= 0.3 is 6.03 Å². The van der Waals surface area contributed by atoms with Gasteiger partial charge in [-0.05, 0) is 41.7 Å². The second kappa shape index (κ2) is 8.05. The smallest absolute Gasteiger partial charge is 0.317 e. The van der Waals surface area contributed by atoms with Gasteiger partial charge in [0, 0.05) is 45.1 Å². The van der Waals surface area contributed by atoms with Crippen LogP contribution < -0.4 is 5.32 Å². The van der Waals surface area contributed by atoms with Crippen LogP contribution in [0, 0.1) is 0 Å². The van der Waals surface area contributed by atoms with E-state index in [0.29, 0.717) is 10.0 Å². The number of pyridine rings is 1. The van der Waals surface area contributed by atoms with Gasteiger partial charge in [-0.15, -0.1) is 0 Å². The Hall–Kier alpha value is -1.82. The summed E-state index contributed by atoms with van der Waals surface area (Å²) < 4.78 is 0. The molecule has 1 aliphatic heterocycles. The van der Waals surface area contributed by atoms with Crippen LogP contribution in [0.25, 0.3) is 0 Å². The highest BCUT2D eigenvalue weighted by Crippen LogP contribution is 2.39. The minimum absolute atomic E-state index is 0.0000461. The number of nitrogens with one attached hydrogen (secondary N) is 1. The molecule has 4 rings (SSSR count). The molecule has 7 heteroatoms. The van der Waals surface area contributed by atoms with E-state index < -0.39 is 0 Å². The van der Waals surface area contributed by atoms with Gasteiger partial charge in [-0.2, -0.15) is 0 Å². The molecule has 2 amide bonds. The predicted octanol–water partition coefficient (Wildman–Crippen LogP) is 3.90. The van der Waals surface area contributed by atoms with Crippen molar-refractivity contribution >= 4 is 29.2 Å². The third kappa shape index (κ3) is 4.05. The van der Waals surface area contributed by atoms with E-state index >= 15 is 0 Å². The fraction of sp³-hybridized carbons (Fsp3) is 0.400. The van der Waals surface area contributed by atoms with Crippen LogP contribution >= 0.6 is 23.2 Å². The number of halogens is 2. The van der Waals surface area contributed by atoms with E-state index in [4.69, 9.17) is 23.2 Å². The van der Waals surface area contributed by atoms with Crippen molar-refractivity contribution in [3.63, 3.8) is 0 Å². The van der Waals surface area contributed by atoms with Crippen LogP contribution in [0.3, 0.4) is 0 Å². The Labute approximate surface area is 169 Å². The zero-order chi connectivity index (χ0) is 18.8. The van der Waals surface area contributed by atoms with E-state index in [-0.39, 0.29) is 12.1 Å². The van der Waals surface area contributed by atoms with Gasteiger partial charge in [0.15, 0.2) is 0 Å². The van der Waals surface area contributed by atoms with E-state index in [9.17, 15) is 4.79 Å². The molecule has 1 aromatic carbocycles. The summed E-state index contributed by atoms with van der Waals surface area (Å²) in [7, 11) is 0. The lowest BCUT2D eigenvalue weighted by atomic mass is 10.1. The van der Waals surface area contributed by atoms with Crippen molar-refractivity contribution in [3.05, 3.63) is 63.4 Å². The molecule has 1 saturated heterocycles. The molecule has 5 nitrogen and oxygen atoms in total. The molecular weight excluding hydrogens is 383 g/mol. The van der Waals surface area contributed by atoms with Crippen molar-refractivity contribution in [2.24, 2.45) is 0 Å². The van der Waals surface area contributed by atoms with Gasteiger partial charge in [0.2, 0.25) is 0 Å². The molecule has 1 unspecified atom stereocenters. The highest BCUT2D eigenvalue weighted by atomic mass is 35.5. The summed E-state index contributed by atoms with van der Waals surface area (Å²) in [6.07, 6.45) is 5.39. The summed E-state index contributed by atoms with van der Waals surface area (Å²) >= 11 is 12.4. The van der Waals surface area contributed by atoms with Gasteiger partial charge < -0.3 is 10.2 Å². The van der Waals surface area contributed by atoms with Crippen LogP contribution in [-0.4, -0.2) is 47.0 Å². The lowest BCUT2D eigenvalue weighted by Crippen LogP contribution is -2.51. The molecule has 2 aliphatic rings. The van der Waals surface area contributed by atoms with E-state index in [0.717, 1.165) is 56.7 Å². The Morgan fingerprint density at radius 1 is 1.19 bits per heavy atom. The number of carbonyl (C=O) groups excluding carboxylic acids is 1. The van der Waals surface area contributed by atoms with Crippen LogP contribution in [0.5, 0.6) is 0 Å². The van der Waals surface area contributed by atoms with Gasteiger partial charge in [0.25, 0.3) is 0 Å². The molecule has 1 aliphatic carbocycles. The molecule has 0 spiro atoms. The van der Waals surface area contributed by atoms with E-state index in [2.05, 4.69) is 21.3 Å². The highest BCUT2D eigenvalue weighted by Gasteiger charge is 2.29. The largest absolute Gasteiger partial charge is 0.331 e. The molecule has 1 atom stereocenters. The summed E-state index contributed by atoms with van der Waals surface area (Å²) in [5, 5.41) is 4.37. The first-order valence-corrected chi connectivity index (χ1v) is 10.0. The standard InChI is InChI=1S/C20H22Cl2N4O/c21-17-5-3-15-16(19(17)22)4-6-18(15)24-20(27)26-10-8-25(9-11-26)13-14-2-1-7-23-12-14/h1-3,5,7,12,18H,4,6,8-11,13H2,(H,24,27). The molecular formula is C20H22Cl2N4O. The maximum Gasteiger partial charge on any atom is 0.317 e. The highest BCUT2D eigenvalue weighted by molar-refractivity contribution is 6.42. The number of nitrogens with zero attached hydrogens (tertiary/aromatic N) is 3. The molecule has 1 fully saturated rings. The number of aromatic nitrogens is 1. The minimum Gasteiger partial charge on any atom is -0.331 e. The second-order valence-corrected chi connectivity index (χ2v) is 7.88. The predicted molar refractivity (Wildman–Crippen MR) is 107 cm³/mol. The maximum absolute atomic E-state index is 12.7. The Balaban J connectivity index is 1.32. The van der Waals surface area contributed by atoms with Crippen molar-refractivity contribution in [3.8, 4) is 0 Å². The lowest BCUT2D eigenvalue weighted by molar-refractivity contribution is 0.133. The van der Waals surface area contributed by atoms with Crippen LogP contribution in [0.2, 0.25) is 10.0 Å². The summed E-state index contributed by atoms with van der Waals surface area (Å²) in [5.74, 6) is 0. The summed E-state index contributed by atoms with van der Waals surface area (Å²) in [5.41, 5.74) is 3.36. The summed E-state index contributed by atoms with van der Waals surface area (Å²) in [6.45, 7) is 4.06. The lowest BCUT2D eigenvalue weighted by Gasteiger charge is -2.35. The molecule has 142 valence electrons. The van der Waals surface area contributed by atoms with Crippen molar-refractivity contribution in [1.82, 2.24) is 20.1 Å². The van der Waals surface area contributed by atoms with Crippen molar-refractivity contribution < 1.29 is 4.79 Å². The Morgan fingerprint density at radius 3 is 2.74 bits per heavy atom. The molecule has 1 N–H and O–H groups in total. The Kier molecular flexibility index (Phi) is 5.53. The van der Waals surface area contributed by atoms with Crippen molar-refractivity contribution in [2.45, 2.75) is 25.4 Å². The monoisotopic (exact) mass is 404 g/mol. The minimum atomic E-state index is -0.0000461. The third-order valence-corrected chi connectivity index (χ3v) is 6.22. The number of benzene rings is 1. The number of fused-ring (bicyclic) bond motifs is 1. The number of urea groups is 1. The average molecular weight is 405 g/mol.